The molecule has 0 saturated carbocycles. The Morgan fingerprint density at radius 1 is 1.67 bits per heavy atom. The Morgan fingerprint density at radius 2 is 2.40 bits per heavy atom. The van der Waals surface area contributed by atoms with Crippen LogP contribution >= 0.6 is 38.9 Å². The molecular formula is C11H14BrClOS. The molecule has 0 amide bonds. The van der Waals surface area contributed by atoms with Gasteiger partial charge in [0.1, 0.15) is 0 Å². The zero-order chi connectivity index (χ0) is 11.1. The number of hydrogen-bond donors (Lipinski definition) is 0. The molecule has 1 aliphatic rings. The summed E-state index contributed by atoms with van der Waals surface area (Å²) >= 11 is 11.8. The van der Waals surface area contributed by atoms with Crippen LogP contribution in [0.5, 0.6) is 0 Å². The highest BCUT2D eigenvalue weighted by Crippen LogP contribution is 2.46. The average molecular weight is 310 g/mol. The van der Waals surface area contributed by atoms with Crippen molar-refractivity contribution in [3.63, 3.8) is 0 Å². The number of halogens is 2. The smallest absolute Gasteiger partial charge is 0.0976 e. The SMILES string of the molecule is Cc1cc(Br)c(C(Cl)C2(C)CCCO2)s1. The zero-order valence-electron chi connectivity index (χ0n) is 8.85. The molecule has 2 rings (SSSR count). The second kappa shape index (κ2) is 4.36. The van der Waals surface area contributed by atoms with Crippen LogP contribution in [-0.4, -0.2) is 12.2 Å². The van der Waals surface area contributed by atoms with E-state index >= 15 is 0 Å². The third-order valence-corrected chi connectivity index (χ3v) is 5.70. The average Bonchev–Trinajstić information content (AvgIpc) is 2.73. The molecule has 0 aliphatic carbocycles. The molecule has 1 aromatic rings. The first-order valence-electron chi connectivity index (χ1n) is 5.07. The lowest BCUT2D eigenvalue weighted by Crippen LogP contribution is -2.28. The van der Waals surface area contributed by atoms with Gasteiger partial charge in [-0.25, -0.2) is 0 Å². The van der Waals surface area contributed by atoms with Crippen molar-refractivity contribution in [3.8, 4) is 0 Å². The molecule has 2 atom stereocenters. The van der Waals surface area contributed by atoms with Crippen molar-refractivity contribution in [1.82, 2.24) is 0 Å². The van der Waals surface area contributed by atoms with Crippen LogP contribution in [0.4, 0.5) is 0 Å². The number of alkyl halides is 1. The van der Waals surface area contributed by atoms with E-state index in [-0.39, 0.29) is 11.0 Å². The Morgan fingerprint density at radius 3 is 2.87 bits per heavy atom. The van der Waals surface area contributed by atoms with Crippen molar-refractivity contribution in [1.29, 1.82) is 0 Å². The first kappa shape index (κ1) is 11.9. The summed E-state index contributed by atoms with van der Waals surface area (Å²) in [5.74, 6) is 0. The lowest BCUT2D eigenvalue weighted by atomic mass is 9.97. The summed E-state index contributed by atoms with van der Waals surface area (Å²) in [5.41, 5.74) is -0.193. The molecule has 2 unspecified atom stereocenters. The van der Waals surface area contributed by atoms with Gasteiger partial charge in [-0.15, -0.1) is 22.9 Å². The van der Waals surface area contributed by atoms with Crippen LogP contribution in [0, 0.1) is 6.92 Å². The minimum absolute atomic E-state index is 0.0481. The van der Waals surface area contributed by atoms with Crippen molar-refractivity contribution in [2.75, 3.05) is 6.61 Å². The standard InChI is InChI=1S/C11H14BrClOS/c1-7-6-8(12)9(15-7)10(13)11(2)4-3-5-14-11/h6,10H,3-5H2,1-2H3. The molecule has 0 radical (unpaired) electrons. The molecule has 84 valence electrons. The fraction of sp³-hybridized carbons (Fsp3) is 0.636. The molecule has 0 aromatic carbocycles. The van der Waals surface area contributed by atoms with Crippen LogP contribution in [-0.2, 0) is 4.74 Å². The predicted octanol–water partition coefficient (Wildman–Crippen LogP) is 4.67. The molecule has 15 heavy (non-hydrogen) atoms. The fourth-order valence-electron chi connectivity index (χ4n) is 1.95. The molecule has 4 heteroatoms. The number of hydrogen-bond acceptors (Lipinski definition) is 2. The lowest BCUT2D eigenvalue weighted by Gasteiger charge is -2.28. The van der Waals surface area contributed by atoms with Crippen molar-refractivity contribution in [2.24, 2.45) is 0 Å². The summed E-state index contributed by atoms with van der Waals surface area (Å²) in [6.45, 7) is 5.04. The van der Waals surface area contributed by atoms with Crippen molar-refractivity contribution >= 4 is 38.9 Å². The Kier molecular flexibility index (Phi) is 3.46. The van der Waals surface area contributed by atoms with Gasteiger partial charge in [0.15, 0.2) is 0 Å². The predicted molar refractivity (Wildman–Crippen MR) is 68.9 cm³/mol. The Balaban J connectivity index is 2.27. The first-order chi connectivity index (χ1) is 7.03. The molecule has 1 aliphatic heterocycles. The number of aryl methyl sites for hydroxylation is 1. The molecule has 0 bridgehead atoms. The van der Waals surface area contributed by atoms with Gasteiger partial charge in [-0.2, -0.15) is 0 Å². The maximum absolute atomic E-state index is 6.53. The summed E-state index contributed by atoms with van der Waals surface area (Å²) < 4.78 is 6.89. The molecule has 1 nitrogen and oxygen atoms in total. The van der Waals surface area contributed by atoms with Crippen LogP contribution in [0.2, 0.25) is 0 Å². The van der Waals surface area contributed by atoms with Gasteiger partial charge in [0.05, 0.1) is 11.0 Å². The number of rotatable bonds is 2. The van der Waals surface area contributed by atoms with Gasteiger partial charge < -0.3 is 4.74 Å². The third-order valence-electron chi connectivity index (χ3n) is 2.85. The molecule has 2 heterocycles. The summed E-state index contributed by atoms with van der Waals surface area (Å²) in [5, 5.41) is -0.0481. The molecule has 1 fully saturated rings. The summed E-state index contributed by atoms with van der Waals surface area (Å²) in [7, 11) is 0. The van der Waals surface area contributed by atoms with Gasteiger partial charge in [-0.1, -0.05) is 0 Å². The van der Waals surface area contributed by atoms with E-state index in [4.69, 9.17) is 16.3 Å². The van der Waals surface area contributed by atoms with Gasteiger partial charge in [-0.05, 0) is 48.7 Å². The van der Waals surface area contributed by atoms with E-state index in [1.165, 1.54) is 9.75 Å². The van der Waals surface area contributed by atoms with Crippen LogP contribution in [0.1, 0.15) is 34.9 Å². The molecular weight excluding hydrogens is 296 g/mol. The highest BCUT2D eigenvalue weighted by atomic mass is 79.9. The van der Waals surface area contributed by atoms with Crippen LogP contribution < -0.4 is 0 Å². The summed E-state index contributed by atoms with van der Waals surface area (Å²) in [4.78, 5) is 2.47. The third kappa shape index (κ3) is 2.26. The van der Waals surface area contributed by atoms with Gasteiger partial charge in [-0.3, -0.25) is 0 Å². The van der Waals surface area contributed by atoms with Crippen molar-refractivity contribution in [2.45, 2.75) is 37.7 Å². The second-order valence-electron chi connectivity index (χ2n) is 4.20. The van der Waals surface area contributed by atoms with E-state index in [1.807, 2.05) is 0 Å². The zero-order valence-corrected chi connectivity index (χ0v) is 12.0. The Hall–Kier alpha value is 0.430. The van der Waals surface area contributed by atoms with E-state index in [1.54, 1.807) is 11.3 Å². The van der Waals surface area contributed by atoms with E-state index in [9.17, 15) is 0 Å². The van der Waals surface area contributed by atoms with Crippen LogP contribution in [0.25, 0.3) is 0 Å². The largest absolute Gasteiger partial charge is 0.373 e. The topological polar surface area (TPSA) is 9.23 Å². The minimum Gasteiger partial charge on any atom is -0.373 e. The van der Waals surface area contributed by atoms with Gasteiger partial charge in [0.25, 0.3) is 0 Å². The van der Waals surface area contributed by atoms with E-state index in [2.05, 4.69) is 35.8 Å². The minimum atomic E-state index is -0.193. The van der Waals surface area contributed by atoms with Gasteiger partial charge >= 0.3 is 0 Å². The first-order valence-corrected chi connectivity index (χ1v) is 7.11. The molecule has 1 saturated heterocycles. The highest BCUT2D eigenvalue weighted by Gasteiger charge is 2.39. The van der Waals surface area contributed by atoms with E-state index in [0.717, 1.165) is 23.9 Å². The highest BCUT2D eigenvalue weighted by molar-refractivity contribution is 9.10. The van der Waals surface area contributed by atoms with E-state index in [0.29, 0.717) is 0 Å². The van der Waals surface area contributed by atoms with Crippen LogP contribution in [0.15, 0.2) is 10.5 Å². The van der Waals surface area contributed by atoms with E-state index < -0.39 is 0 Å². The van der Waals surface area contributed by atoms with Crippen molar-refractivity contribution < 1.29 is 4.74 Å². The quantitative estimate of drug-likeness (QED) is 0.722. The molecule has 0 N–H and O–H groups in total. The molecule has 1 aromatic heterocycles. The van der Waals surface area contributed by atoms with Gasteiger partial charge in [0, 0.05) is 20.8 Å². The second-order valence-corrected chi connectivity index (χ2v) is 6.78. The Labute approximate surface area is 108 Å². The fourth-order valence-corrected chi connectivity index (χ4v) is 4.51. The normalized spacial score (nSPS) is 28.3. The number of thiophene rings is 1. The lowest BCUT2D eigenvalue weighted by molar-refractivity contribution is 0.0170. The van der Waals surface area contributed by atoms with Crippen LogP contribution in [0.3, 0.4) is 0 Å². The van der Waals surface area contributed by atoms with Crippen molar-refractivity contribution in [3.05, 3.63) is 20.3 Å². The Bertz CT molecular complexity index is 357. The van der Waals surface area contributed by atoms with Gasteiger partial charge in [0.2, 0.25) is 0 Å². The maximum Gasteiger partial charge on any atom is 0.0976 e. The summed E-state index contributed by atoms with van der Waals surface area (Å²) in [6, 6.07) is 2.12. The summed E-state index contributed by atoms with van der Waals surface area (Å²) in [6.07, 6.45) is 2.16. The number of ether oxygens (including phenoxy) is 1. The monoisotopic (exact) mass is 308 g/mol. The maximum atomic E-state index is 6.53. The molecule has 0 spiro atoms.